The van der Waals surface area contributed by atoms with Gasteiger partial charge in [-0.05, 0) is 55.8 Å². The number of carbonyl (C=O) groups is 1. The predicted octanol–water partition coefficient (Wildman–Crippen LogP) is 5.52. The molecule has 34 heavy (non-hydrogen) atoms. The molecule has 0 atom stereocenters. The Morgan fingerprint density at radius 3 is 2.74 bits per heavy atom. The van der Waals surface area contributed by atoms with Crippen molar-refractivity contribution in [3.8, 4) is 21.9 Å². The van der Waals surface area contributed by atoms with Gasteiger partial charge in [0.05, 0.1) is 26.3 Å². The Morgan fingerprint density at radius 2 is 2.00 bits per heavy atom. The van der Waals surface area contributed by atoms with E-state index in [0.29, 0.717) is 47.4 Å². The molecule has 9 heteroatoms. The molecule has 7 nitrogen and oxygen atoms in total. The smallest absolute Gasteiger partial charge is 0.351 e. The highest BCUT2D eigenvalue weighted by atomic mass is 32.1. The number of rotatable bonds is 9. The summed E-state index contributed by atoms with van der Waals surface area (Å²) in [5, 5.41) is 4.06. The number of esters is 1. The van der Waals surface area contributed by atoms with E-state index in [1.807, 2.05) is 42.7 Å². The third kappa shape index (κ3) is 4.56. The molecular weight excluding hydrogens is 457 g/mol. The third-order valence-corrected chi connectivity index (χ3v) is 6.60. The van der Waals surface area contributed by atoms with Gasteiger partial charge in [0.25, 0.3) is 0 Å². The summed E-state index contributed by atoms with van der Waals surface area (Å²) >= 11 is 1.31. The zero-order valence-electron chi connectivity index (χ0n) is 19.5. The maximum Gasteiger partial charge on any atom is 0.351 e. The number of nitrogens with zero attached hydrogens (tertiary/aromatic N) is 2. The molecule has 0 aliphatic rings. The Morgan fingerprint density at radius 1 is 1.18 bits per heavy atom. The lowest BCUT2D eigenvalue weighted by Gasteiger charge is -2.11. The summed E-state index contributed by atoms with van der Waals surface area (Å²) in [5.74, 6) is 1.12. The number of methoxy groups -OCH3 is 2. The van der Waals surface area contributed by atoms with Crippen molar-refractivity contribution in [1.29, 1.82) is 0 Å². The van der Waals surface area contributed by atoms with Crippen molar-refractivity contribution in [2.24, 2.45) is 0 Å². The topological polar surface area (TPSA) is 74.6 Å². The Kier molecular flexibility index (Phi) is 7.02. The van der Waals surface area contributed by atoms with Crippen molar-refractivity contribution in [3.63, 3.8) is 0 Å². The number of halogens is 1. The lowest BCUT2D eigenvalue weighted by molar-refractivity contribution is 0.0602. The number of ether oxygens (including phenoxy) is 3. The van der Waals surface area contributed by atoms with Crippen LogP contribution in [0, 0.1) is 12.7 Å². The largest absolute Gasteiger partial charge is 0.496 e. The molecule has 1 N–H and O–H groups in total. The van der Waals surface area contributed by atoms with Crippen molar-refractivity contribution in [2.45, 2.75) is 20.4 Å². The van der Waals surface area contributed by atoms with Gasteiger partial charge in [-0.3, -0.25) is 0 Å². The second-order valence-corrected chi connectivity index (χ2v) is 8.59. The lowest BCUT2D eigenvalue weighted by Crippen LogP contribution is -2.12. The number of thiophene rings is 1. The third-order valence-electron chi connectivity index (χ3n) is 5.45. The van der Waals surface area contributed by atoms with Crippen molar-refractivity contribution in [3.05, 3.63) is 59.0 Å². The van der Waals surface area contributed by atoms with E-state index < -0.39 is 5.97 Å². The predicted molar refractivity (Wildman–Crippen MR) is 132 cm³/mol. The van der Waals surface area contributed by atoms with Gasteiger partial charge in [0.2, 0.25) is 0 Å². The number of pyridine rings is 1. The standard InChI is InChI=1S/C25H26FN3O4S/c1-5-33-20-14-21(34-24(20)25(30)32-4)16-8-9-27-22(13-16)28-10-11-29-15(2)12-17-19(31-3)7-6-18(26)23(17)29/h6-9,12-14H,5,10-11H2,1-4H3,(H,27,28). The highest BCUT2D eigenvalue weighted by Gasteiger charge is 2.19. The average molecular weight is 484 g/mol. The molecule has 0 saturated carbocycles. The van der Waals surface area contributed by atoms with Gasteiger partial charge in [-0.15, -0.1) is 11.3 Å². The van der Waals surface area contributed by atoms with Crippen LogP contribution >= 0.6 is 11.3 Å². The lowest BCUT2D eigenvalue weighted by atomic mass is 10.2. The summed E-state index contributed by atoms with van der Waals surface area (Å²) in [6.07, 6.45) is 1.70. The molecule has 0 aliphatic heterocycles. The van der Waals surface area contributed by atoms with Crippen LogP contribution in [0.1, 0.15) is 22.3 Å². The first-order valence-electron chi connectivity index (χ1n) is 10.8. The van der Waals surface area contributed by atoms with Gasteiger partial charge in [0, 0.05) is 35.2 Å². The minimum Gasteiger partial charge on any atom is -0.496 e. The van der Waals surface area contributed by atoms with Crippen molar-refractivity contribution in [1.82, 2.24) is 9.55 Å². The molecule has 0 unspecified atom stereocenters. The molecule has 3 heterocycles. The Bertz CT molecular complexity index is 1330. The number of benzene rings is 1. The number of aryl methyl sites for hydroxylation is 1. The number of hydrogen-bond donors (Lipinski definition) is 1. The summed E-state index contributed by atoms with van der Waals surface area (Å²) in [6, 6.07) is 10.6. The van der Waals surface area contributed by atoms with Crippen LogP contribution in [0.15, 0.2) is 42.6 Å². The minimum absolute atomic E-state index is 0.284. The van der Waals surface area contributed by atoms with E-state index in [-0.39, 0.29) is 5.82 Å². The van der Waals surface area contributed by atoms with Crippen LogP contribution in [0.25, 0.3) is 21.3 Å². The molecule has 1 aromatic carbocycles. The first-order chi connectivity index (χ1) is 16.5. The fraction of sp³-hybridized carbons (Fsp3) is 0.280. The van der Waals surface area contributed by atoms with E-state index in [4.69, 9.17) is 14.2 Å². The first-order valence-corrected chi connectivity index (χ1v) is 11.7. The van der Waals surface area contributed by atoms with E-state index in [9.17, 15) is 9.18 Å². The second kappa shape index (κ2) is 10.1. The molecule has 0 aliphatic carbocycles. The van der Waals surface area contributed by atoms with Crippen LogP contribution in [0.3, 0.4) is 0 Å². The maximum atomic E-state index is 14.6. The molecule has 3 aromatic heterocycles. The monoisotopic (exact) mass is 483 g/mol. The molecule has 4 aromatic rings. The highest BCUT2D eigenvalue weighted by Crippen LogP contribution is 2.37. The highest BCUT2D eigenvalue weighted by molar-refractivity contribution is 7.17. The summed E-state index contributed by atoms with van der Waals surface area (Å²) < 4.78 is 32.4. The molecule has 0 fully saturated rings. The molecule has 178 valence electrons. The van der Waals surface area contributed by atoms with Crippen LogP contribution < -0.4 is 14.8 Å². The number of aromatic nitrogens is 2. The van der Waals surface area contributed by atoms with Gasteiger partial charge in [-0.25, -0.2) is 14.2 Å². The van der Waals surface area contributed by atoms with E-state index >= 15 is 0 Å². The Hall–Kier alpha value is -3.59. The number of fused-ring (bicyclic) bond motifs is 1. The molecule has 0 bridgehead atoms. The van der Waals surface area contributed by atoms with Crippen LogP contribution in [0.4, 0.5) is 10.2 Å². The molecule has 0 amide bonds. The van der Waals surface area contributed by atoms with E-state index in [2.05, 4.69) is 10.3 Å². The fourth-order valence-corrected chi connectivity index (χ4v) is 4.91. The fourth-order valence-electron chi connectivity index (χ4n) is 3.90. The second-order valence-electron chi connectivity index (χ2n) is 7.53. The number of nitrogens with one attached hydrogen (secondary N) is 1. The first kappa shape index (κ1) is 23.6. The Labute approximate surface area is 201 Å². The van der Waals surface area contributed by atoms with E-state index in [0.717, 1.165) is 21.5 Å². The van der Waals surface area contributed by atoms with Crippen molar-refractivity contribution >= 4 is 34.0 Å². The van der Waals surface area contributed by atoms with Crippen LogP contribution in [-0.2, 0) is 11.3 Å². The molecule has 0 radical (unpaired) electrons. The molecule has 0 spiro atoms. The van der Waals surface area contributed by atoms with Crippen molar-refractivity contribution in [2.75, 3.05) is 32.7 Å². The Balaban J connectivity index is 1.53. The minimum atomic E-state index is -0.426. The van der Waals surface area contributed by atoms with Gasteiger partial charge in [-0.2, -0.15) is 0 Å². The van der Waals surface area contributed by atoms with Gasteiger partial charge in [-0.1, -0.05) is 0 Å². The maximum absolute atomic E-state index is 14.6. The van der Waals surface area contributed by atoms with Gasteiger partial charge < -0.3 is 24.1 Å². The normalized spacial score (nSPS) is 11.0. The number of carbonyl (C=O) groups excluding carboxylic acids is 1. The summed E-state index contributed by atoms with van der Waals surface area (Å²) in [4.78, 5) is 17.8. The van der Waals surface area contributed by atoms with Gasteiger partial charge in [0.1, 0.15) is 23.1 Å². The van der Waals surface area contributed by atoms with Crippen LogP contribution in [-0.4, -0.2) is 42.9 Å². The van der Waals surface area contributed by atoms with Gasteiger partial charge >= 0.3 is 5.97 Å². The zero-order chi connectivity index (χ0) is 24.2. The number of anilines is 1. The average Bonchev–Trinajstić information content (AvgIpc) is 3.41. The van der Waals surface area contributed by atoms with Crippen LogP contribution in [0.2, 0.25) is 0 Å². The SMILES string of the molecule is CCOc1cc(-c2ccnc(NCCn3c(C)cc4c(OC)ccc(F)c43)c2)sc1C(=O)OC. The summed E-state index contributed by atoms with van der Waals surface area (Å²) in [6.45, 7) is 5.35. The van der Waals surface area contributed by atoms with E-state index in [1.54, 1.807) is 19.4 Å². The van der Waals surface area contributed by atoms with Gasteiger partial charge in [0.15, 0.2) is 4.88 Å². The molecular formula is C25H26FN3O4S. The zero-order valence-corrected chi connectivity index (χ0v) is 20.3. The molecule has 0 saturated heterocycles. The van der Waals surface area contributed by atoms with Crippen molar-refractivity contribution < 1.29 is 23.4 Å². The summed E-state index contributed by atoms with van der Waals surface area (Å²) in [7, 11) is 2.93. The van der Waals surface area contributed by atoms with E-state index in [1.165, 1.54) is 24.5 Å². The molecule has 4 rings (SSSR count). The summed E-state index contributed by atoms with van der Waals surface area (Å²) in [5.41, 5.74) is 2.37. The van der Waals surface area contributed by atoms with Crippen LogP contribution in [0.5, 0.6) is 11.5 Å². The quantitative estimate of drug-likeness (QED) is 0.316. The number of hydrogen-bond acceptors (Lipinski definition) is 7.